The van der Waals surface area contributed by atoms with Gasteiger partial charge < -0.3 is 15.2 Å². The zero-order valence-electron chi connectivity index (χ0n) is 16.2. The highest BCUT2D eigenvalue weighted by atomic mass is 127. The van der Waals surface area contributed by atoms with Crippen LogP contribution in [0.15, 0.2) is 39.8 Å². The quantitative estimate of drug-likeness (QED) is 0.344. The summed E-state index contributed by atoms with van der Waals surface area (Å²) in [5.41, 5.74) is 3.56. The van der Waals surface area contributed by atoms with Crippen molar-refractivity contribution >= 4 is 29.9 Å². The van der Waals surface area contributed by atoms with Crippen LogP contribution in [0.3, 0.4) is 0 Å². The first kappa shape index (κ1) is 22.5. The van der Waals surface area contributed by atoms with Crippen LogP contribution in [-0.4, -0.2) is 24.7 Å². The molecular weight excluding hydrogens is 439 g/mol. The number of guanidine groups is 1. The zero-order valence-corrected chi connectivity index (χ0v) is 18.5. The van der Waals surface area contributed by atoms with Crippen LogP contribution < -0.4 is 10.6 Å². The van der Waals surface area contributed by atoms with Gasteiger partial charge in [-0.2, -0.15) is 0 Å². The topological polar surface area (TPSA) is 62.5 Å². The number of aromatic nitrogens is 1. The summed E-state index contributed by atoms with van der Waals surface area (Å²) in [5.74, 6) is 2.28. The maximum Gasteiger partial charge on any atom is 0.191 e. The molecule has 26 heavy (non-hydrogen) atoms. The molecule has 0 aliphatic heterocycles. The first-order valence-corrected chi connectivity index (χ1v) is 9.15. The molecule has 0 spiro atoms. The van der Waals surface area contributed by atoms with Gasteiger partial charge in [0.05, 0.1) is 5.69 Å². The number of nitrogens with zero attached hydrogens (tertiary/aromatic N) is 2. The van der Waals surface area contributed by atoms with E-state index in [4.69, 9.17) is 4.52 Å². The summed E-state index contributed by atoms with van der Waals surface area (Å²) in [7, 11) is 1.80. The summed E-state index contributed by atoms with van der Waals surface area (Å²) < 4.78 is 5.41. The number of rotatable bonds is 8. The molecule has 0 aliphatic rings. The maximum atomic E-state index is 5.41. The normalized spacial score (nSPS) is 12.4. The standard InChI is InChI=1S/C20H30N4O.HI/c1-5-18-17(19(6-2)25-24-18)14-23-20(21-4)22-13-12-15(3)16-10-8-7-9-11-16;/h7-11,15H,5-6,12-14H2,1-4H3,(H2,21,22,23);1H. The van der Waals surface area contributed by atoms with Crippen molar-refractivity contribution in [3.8, 4) is 0 Å². The minimum absolute atomic E-state index is 0. The van der Waals surface area contributed by atoms with Gasteiger partial charge in [0.15, 0.2) is 5.96 Å². The summed E-state index contributed by atoms with van der Waals surface area (Å²) in [6, 6.07) is 10.6. The first-order chi connectivity index (χ1) is 12.2. The van der Waals surface area contributed by atoms with E-state index in [1.165, 1.54) is 5.56 Å². The number of halogens is 1. The van der Waals surface area contributed by atoms with E-state index in [0.29, 0.717) is 12.5 Å². The summed E-state index contributed by atoms with van der Waals surface area (Å²) in [6.07, 6.45) is 2.78. The van der Waals surface area contributed by atoms with Gasteiger partial charge in [-0.1, -0.05) is 56.3 Å². The largest absolute Gasteiger partial charge is 0.361 e. The van der Waals surface area contributed by atoms with Crippen molar-refractivity contribution < 1.29 is 4.52 Å². The number of aliphatic imine (C=N–C) groups is 1. The van der Waals surface area contributed by atoms with E-state index >= 15 is 0 Å². The Morgan fingerprint density at radius 1 is 1.15 bits per heavy atom. The van der Waals surface area contributed by atoms with Gasteiger partial charge in [0.1, 0.15) is 5.76 Å². The van der Waals surface area contributed by atoms with Gasteiger partial charge in [-0.15, -0.1) is 24.0 Å². The van der Waals surface area contributed by atoms with Crippen molar-refractivity contribution in [3.63, 3.8) is 0 Å². The van der Waals surface area contributed by atoms with Crippen LogP contribution in [0.5, 0.6) is 0 Å². The van der Waals surface area contributed by atoms with Crippen LogP contribution in [0.25, 0.3) is 0 Å². The third-order valence-electron chi connectivity index (χ3n) is 4.50. The number of nitrogens with one attached hydrogen (secondary N) is 2. The second-order valence-corrected chi connectivity index (χ2v) is 6.19. The highest BCUT2D eigenvalue weighted by molar-refractivity contribution is 14.0. The van der Waals surface area contributed by atoms with Crippen molar-refractivity contribution in [1.29, 1.82) is 0 Å². The van der Waals surface area contributed by atoms with E-state index in [2.05, 4.69) is 71.9 Å². The molecule has 144 valence electrons. The molecule has 1 aromatic heterocycles. The van der Waals surface area contributed by atoms with Crippen molar-refractivity contribution in [2.24, 2.45) is 4.99 Å². The zero-order chi connectivity index (χ0) is 18.1. The van der Waals surface area contributed by atoms with Gasteiger partial charge in [0.2, 0.25) is 0 Å². The van der Waals surface area contributed by atoms with Crippen LogP contribution in [-0.2, 0) is 19.4 Å². The van der Waals surface area contributed by atoms with Crippen LogP contribution in [0, 0.1) is 0 Å². The number of hydrogen-bond donors (Lipinski definition) is 2. The molecule has 1 atom stereocenters. The van der Waals surface area contributed by atoms with E-state index in [1.807, 2.05) is 0 Å². The molecule has 0 fully saturated rings. The van der Waals surface area contributed by atoms with E-state index in [1.54, 1.807) is 7.05 Å². The first-order valence-electron chi connectivity index (χ1n) is 9.15. The lowest BCUT2D eigenvalue weighted by Gasteiger charge is -2.15. The molecule has 0 amide bonds. The third kappa shape index (κ3) is 6.30. The molecule has 0 bridgehead atoms. The van der Waals surface area contributed by atoms with Crippen LogP contribution >= 0.6 is 24.0 Å². The van der Waals surface area contributed by atoms with Crippen LogP contribution in [0.4, 0.5) is 0 Å². The van der Waals surface area contributed by atoms with Gasteiger partial charge in [-0.05, 0) is 24.3 Å². The molecule has 2 aromatic rings. The predicted octanol–water partition coefficient (Wildman–Crippen LogP) is 4.28. The smallest absolute Gasteiger partial charge is 0.191 e. The van der Waals surface area contributed by atoms with E-state index in [9.17, 15) is 0 Å². The SMILES string of the molecule is CCc1noc(CC)c1CNC(=NC)NCCC(C)c1ccccc1.I. The Morgan fingerprint density at radius 2 is 1.88 bits per heavy atom. The van der Waals surface area contributed by atoms with E-state index in [-0.39, 0.29) is 24.0 Å². The molecule has 1 heterocycles. The van der Waals surface area contributed by atoms with Crippen molar-refractivity contribution in [1.82, 2.24) is 15.8 Å². The number of benzene rings is 1. The van der Waals surface area contributed by atoms with Crippen molar-refractivity contribution in [2.75, 3.05) is 13.6 Å². The minimum Gasteiger partial charge on any atom is -0.361 e. The molecule has 2 N–H and O–H groups in total. The van der Waals surface area contributed by atoms with Gasteiger partial charge in [0, 0.05) is 32.1 Å². The molecule has 0 radical (unpaired) electrons. The lowest BCUT2D eigenvalue weighted by atomic mass is 9.98. The summed E-state index contributed by atoms with van der Waals surface area (Å²) >= 11 is 0. The molecule has 0 saturated heterocycles. The Hall–Kier alpha value is -1.57. The summed E-state index contributed by atoms with van der Waals surface area (Å²) in [4.78, 5) is 4.31. The summed E-state index contributed by atoms with van der Waals surface area (Å²) in [5, 5.41) is 10.9. The van der Waals surface area contributed by atoms with Gasteiger partial charge >= 0.3 is 0 Å². The summed E-state index contributed by atoms with van der Waals surface area (Å²) in [6.45, 7) is 8.00. The average Bonchev–Trinajstić information content (AvgIpc) is 3.07. The number of aryl methyl sites for hydroxylation is 2. The monoisotopic (exact) mass is 470 g/mol. The molecule has 6 heteroatoms. The molecule has 1 aromatic carbocycles. The van der Waals surface area contributed by atoms with E-state index in [0.717, 1.165) is 48.8 Å². The van der Waals surface area contributed by atoms with Crippen molar-refractivity contribution in [3.05, 3.63) is 52.9 Å². The maximum absolute atomic E-state index is 5.41. The van der Waals surface area contributed by atoms with E-state index < -0.39 is 0 Å². The second kappa shape index (κ2) is 11.9. The van der Waals surface area contributed by atoms with Crippen LogP contribution in [0.2, 0.25) is 0 Å². The lowest BCUT2D eigenvalue weighted by molar-refractivity contribution is 0.380. The fourth-order valence-corrected chi connectivity index (χ4v) is 2.89. The Balaban J connectivity index is 0.00000338. The highest BCUT2D eigenvalue weighted by Gasteiger charge is 2.13. The fraction of sp³-hybridized carbons (Fsp3) is 0.500. The Kier molecular flexibility index (Phi) is 10.3. The lowest BCUT2D eigenvalue weighted by Crippen LogP contribution is -2.37. The fourth-order valence-electron chi connectivity index (χ4n) is 2.89. The highest BCUT2D eigenvalue weighted by Crippen LogP contribution is 2.17. The second-order valence-electron chi connectivity index (χ2n) is 6.19. The molecule has 1 unspecified atom stereocenters. The molecular formula is C20H31IN4O. The molecule has 0 aliphatic carbocycles. The molecule has 0 saturated carbocycles. The Morgan fingerprint density at radius 3 is 2.50 bits per heavy atom. The number of hydrogen-bond acceptors (Lipinski definition) is 3. The molecule has 2 rings (SSSR count). The predicted molar refractivity (Wildman–Crippen MR) is 118 cm³/mol. The Labute approximate surface area is 174 Å². The third-order valence-corrected chi connectivity index (χ3v) is 4.50. The average molecular weight is 470 g/mol. The minimum atomic E-state index is 0. The van der Waals surface area contributed by atoms with Gasteiger partial charge in [-0.3, -0.25) is 4.99 Å². The van der Waals surface area contributed by atoms with Gasteiger partial charge in [0.25, 0.3) is 0 Å². The van der Waals surface area contributed by atoms with Crippen LogP contribution in [0.1, 0.15) is 55.7 Å². The van der Waals surface area contributed by atoms with Gasteiger partial charge in [-0.25, -0.2) is 0 Å². The van der Waals surface area contributed by atoms with Crippen molar-refractivity contribution in [2.45, 2.75) is 52.5 Å². The molecule has 5 nitrogen and oxygen atoms in total. The Bertz CT molecular complexity index is 648.